The van der Waals surface area contributed by atoms with Gasteiger partial charge in [0.2, 0.25) is 0 Å². The van der Waals surface area contributed by atoms with Crippen molar-refractivity contribution in [1.82, 2.24) is 24.6 Å². The molecule has 0 radical (unpaired) electrons. The minimum absolute atomic E-state index is 0.0363. The topological polar surface area (TPSA) is 67.2 Å². The first-order valence-electron chi connectivity index (χ1n) is 9.05. The molecule has 0 N–H and O–H groups in total. The highest BCUT2D eigenvalue weighted by Crippen LogP contribution is 2.17. The number of nitrogens with zero attached hydrogens (tertiary/aromatic N) is 6. The number of piperazine rings is 1. The van der Waals surface area contributed by atoms with E-state index in [4.69, 9.17) is 0 Å². The number of anilines is 1. The lowest BCUT2D eigenvalue weighted by atomic mass is 10.2. The van der Waals surface area contributed by atoms with Crippen LogP contribution < -0.4 is 10.5 Å². The van der Waals surface area contributed by atoms with Gasteiger partial charge < -0.3 is 4.90 Å². The van der Waals surface area contributed by atoms with Crippen LogP contribution in [0.3, 0.4) is 0 Å². The molecule has 2 aromatic heterocycles. The van der Waals surface area contributed by atoms with Crippen molar-refractivity contribution in [3.05, 3.63) is 45.8 Å². The van der Waals surface area contributed by atoms with Gasteiger partial charge >= 0.3 is 0 Å². The van der Waals surface area contributed by atoms with E-state index in [0.717, 1.165) is 74.8 Å². The molecule has 132 valence electrons. The van der Waals surface area contributed by atoms with Crippen LogP contribution in [0.5, 0.6) is 0 Å². The highest BCUT2D eigenvalue weighted by Gasteiger charge is 2.19. The fourth-order valence-corrected chi connectivity index (χ4v) is 3.59. The second-order valence-corrected chi connectivity index (χ2v) is 6.88. The summed E-state index contributed by atoms with van der Waals surface area (Å²) >= 11 is 0. The maximum Gasteiger partial charge on any atom is 0.267 e. The molecule has 7 heteroatoms. The minimum atomic E-state index is 0.0363. The third-order valence-electron chi connectivity index (χ3n) is 5.12. The lowest BCUT2D eigenvalue weighted by Gasteiger charge is -2.35. The Morgan fingerprint density at radius 2 is 1.88 bits per heavy atom. The molecule has 0 unspecified atom stereocenters. The predicted octanol–water partition coefficient (Wildman–Crippen LogP) is 0.653. The molecular weight excluding hydrogens is 316 g/mol. The number of fused-ring (bicyclic) bond motifs is 1. The molecule has 0 atom stereocenters. The maximum absolute atomic E-state index is 12.2. The highest BCUT2D eigenvalue weighted by atomic mass is 16.1. The maximum atomic E-state index is 12.2. The normalized spacial score (nSPS) is 17.7. The Morgan fingerprint density at radius 3 is 2.64 bits per heavy atom. The summed E-state index contributed by atoms with van der Waals surface area (Å²) < 4.78 is 1.64. The van der Waals surface area contributed by atoms with Crippen LogP contribution in [0.25, 0.3) is 0 Å². The molecule has 4 rings (SSSR count). The molecule has 0 amide bonds. The molecule has 0 bridgehead atoms. The van der Waals surface area contributed by atoms with Gasteiger partial charge in [0.1, 0.15) is 5.82 Å². The Labute approximate surface area is 147 Å². The van der Waals surface area contributed by atoms with Gasteiger partial charge in [-0.2, -0.15) is 5.10 Å². The summed E-state index contributed by atoms with van der Waals surface area (Å²) in [4.78, 5) is 25.6. The molecule has 1 fully saturated rings. The Kier molecular flexibility index (Phi) is 4.48. The molecule has 1 aliphatic carbocycles. The third kappa shape index (κ3) is 3.56. The van der Waals surface area contributed by atoms with Gasteiger partial charge in [-0.25, -0.2) is 9.67 Å². The zero-order chi connectivity index (χ0) is 17.2. The minimum Gasteiger partial charge on any atom is -0.353 e. The Bertz CT molecular complexity index is 792. The van der Waals surface area contributed by atoms with Crippen molar-refractivity contribution < 1.29 is 0 Å². The average Bonchev–Trinajstić information content (AvgIpc) is 3.08. The second-order valence-electron chi connectivity index (χ2n) is 6.88. The van der Waals surface area contributed by atoms with E-state index in [1.807, 2.05) is 19.3 Å². The van der Waals surface area contributed by atoms with Gasteiger partial charge in [0, 0.05) is 38.8 Å². The van der Waals surface area contributed by atoms with E-state index in [1.165, 1.54) is 0 Å². The first kappa shape index (κ1) is 16.2. The first-order chi connectivity index (χ1) is 12.2. The third-order valence-corrected chi connectivity index (χ3v) is 5.12. The van der Waals surface area contributed by atoms with Gasteiger partial charge in [-0.15, -0.1) is 0 Å². The van der Waals surface area contributed by atoms with Gasteiger partial charge in [-0.3, -0.25) is 14.7 Å². The number of hydrogen-bond donors (Lipinski definition) is 0. The summed E-state index contributed by atoms with van der Waals surface area (Å²) in [5, 5.41) is 4.56. The summed E-state index contributed by atoms with van der Waals surface area (Å²) in [5.41, 5.74) is 3.24. The molecule has 2 aliphatic rings. The van der Waals surface area contributed by atoms with Crippen LogP contribution in [0.1, 0.15) is 23.4 Å². The van der Waals surface area contributed by atoms with Crippen molar-refractivity contribution in [2.75, 3.05) is 37.6 Å². The van der Waals surface area contributed by atoms with Crippen molar-refractivity contribution in [2.24, 2.45) is 0 Å². The van der Waals surface area contributed by atoms with E-state index in [2.05, 4.69) is 24.9 Å². The van der Waals surface area contributed by atoms with E-state index in [-0.39, 0.29) is 5.56 Å². The summed E-state index contributed by atoms with van der Waals surface area (Å²) in [6.45, 7) is 7.28. The van der Waals surface area contributed by atoms with Crippen LogP contribution in [0.4, 0.5) is 5.82 Å². The number of rotatable bonds is 4. The Balaban J connectivity index is 1.32. The van der Waals surface area contributed by atoms with Crippen LogP contribution in [-0.2, 0) is 19.4 Å². The monoisotopic (exact) mass is 340 g/mol. The predicted molar refractivity (Wildman–Crippen MR) is 95.9 cm³/mol. The largest absolute Gasteiger partial charge is 0.353 e. The molecule has 1 saturated heterocycles. The van der Waals surface area contributed by atoms with Crippen molar-refractivity contribution in [2.45, 2.75) is 32.7 Å². The first-order valence-corrected chi connectivity index (χ1v) is 9.05. The molecule has 25 heavy (non-hydrogen) atoms. The number of aromatic nitrogens is 4. The summed E-state index contributed by atoms with van der Waals surface area (Å²) in [5.74, 6) is 0.946. The molecule has 0 aromatic carbocycles. The van der Waals surface area contributed by atoms with Crippen molar-refractivity contribution in [3.63, 3.8) is 0 Å². The van der Waals surface area contributed by atoms with Crippen LogP contribution in [0, 0.1) is 6.92 Å². The average molecular weight is 340 g/mol. The van der Waals surface area contributed by atoms with Crippen molar-refractivity contribution in [1.29, 1.82) is 0 Å². The van der Waals surface area contributed by atoms with Gasteiger partial charge in [0.05, 0.1) is 30.3 Å². The molecule has 7 nitrogen and oxygen atoms in total. The molecule has 1 aliphatic heterocycles. The molecule has 3 heterocycles. The SMILES string of the molecule is Cc1cnc(N2CCN(CCn3nc4c(cc3=O)CCC4)CC2)cn1. The zero-order valence-electron chi connectivity index (χ0n) is 14.7. The van der Waals surface area contributed by atoms with E-state index in [1.54, 1.807) is 10.7 Å². The summed E-state index contributed by atoms with van der Waals surface area (Å²) in [7, 11) is 0. The lowest BCUT2D eigenvalue weighted by Crippen LogP contribution is -2.48. The van der Waals surface area contributed by atoms with Crippen LogP contribution >= 0.6 is 0 Å². The zero-order valence-corrected chi connectivity index (χ0v) is 14.7. The standard InChI is InChI=1S/C18H24N6O/c1-14-12-20-17(13-19-14)23-8-5-22(6-9-23)7-10-24-18(25)11-15-3-2-4-16(15)21-24/h11-13H,2-10H2,1H3. The lowest BCUT2D eigenvalue weighted by molar-refractivity contribution is 0.242. The smallest absolute Gasteiger partial charge is 0.267 e. The van der Waals surface area contributed by atoms with E-state index >= 15 is 0 Å². The van der Waals surface area contributed by atoms with Crippen molar-refractivity contribution in [3.8, 4) is 0 Å². The van der Waals surface area contributed by atoms with E-state index in [0.29, 0.717) is 6.54 Å². The molecule has 0 saturated carbocycles. The van der Waals surface area contributed by atoms with Gasteiger partial charge in [-0.1, -0.05) is 0 Å². The van der Waals surface area contributed by atoms with Gasteiger partial charge in [0.15, 0.2) is 0 Å². The number of hydrogen-bond acceptors (Lipinski definition) is 6. The quantitative estimate of drug-likeness (QED) is 0.814. The highest BCUT2D eigenvalue weighted by molar-refractivity contribution is 5.36. The molecule has 0 spiro atoms. The summed E-state index contributed by atoms with van der Waals surface area (Å²) in [6, 6.07) is 1.78. The van der Waals surface area contributed by atoms with Crippen LogP contribution in [0.2, 0.25) is 0 Å². The second kappa shape index (κ2) is 6.92. The fraction of sp³-hybridized carbons (Fsp3) is 0.556. The Hall–Kier alpha value is -2.28. The molecular formula is C18H24N6O. The summed E-state index contributed by atoms with van der Waals surface area (Å²) in [6.07, 6.45) is 6.79. The van der Waals surface area contributed by atoms with Gasteiger partial charge in [-0.05, 0) is 31.7 Å². The number of aryl methyl sites for hydroxylation is 3. The fourth-order valence-electron chi connectivity index (χ4n) is 3.59. The Morgan fingerprint density at radius 1 is 1.04 bits per heavy atom. The van der Waals surface area contributed by atoms with E-state index < -0.39 is 0 Å². The van der Waals surface area contributed by atoms with Gasteiger partial charge in [0.25, 0.3) is 5.56 Å². The van der Waals surface area contributed by atoms with Crippen LogP contribution in [-0.4, -0.2) is 57.4 Å². The molecule has 2 aromatic rings. The van der Waals surface area contributed by atoms with Crippen molar-refractivity contribution >= 4 is 5.82 Å². The van der Waals surface area contributed by atoms with E-state index in [9.17, 15) is 4.79 Å². The van der Waals surface area contributed by atoms with Crippen LogP contribution in [0.15, 0.2) is 23.3 Å².